The summed E-state index contributed by atoms with van der Waals surface area (Å²) in [7, 11) is 0. The molecule has 0 spiro atoms. The van der Waals surface area contributed by atoms with Crippen molar-refractivity contribution in [2.24, 2.45) is 11.3 Å². The number of carboxylic acids is 1. The summed E-state index contributed by atoms with van der Waals surface area (Å²) in [5, 5.41) is 12.2. The average molecular weight is 236 g/mol. The zero-order valence-corrected chi connectivity index (χ0v) is 10.8. The SMILES string of the molecule is CC(CNc1cnccc1C(=O)O)C(C)(C)C. The van der Waals surface area contributed by atoms with E-state index >= 15 is 0 Å². The molecule has 1 aromatic heterocycles. The molecule has 0 bridgehead atoms. The van der Waals surface area contributed by atoms with Crippen LogP contribution in [-0.2, 0) is 0 Å². The summed E-state index contributed by atoms with van der Waals surface area (Å²) in [6.07, 6.45) is 3.04. The number of hydrogen-bond donors (Lipinski definition) is 2. The lowest BCUT2D eigenvalue weighted by Crippen LogP contribution is -2.25. The van der Waals surface area contributed by atoms with Gasteiger partial charge in [-0.25, -0.2) is 4.79 Å². The largest absolute Gasteiger partial charge is 0.478 e. The lowest BCUT2D eigenvalue weighted by molar-refractivity contribution is 0.0698. The molecule has 0 radical (unpaired) electrons. The number of rotatable bonds is 4. The Labute approximate surface area is 102 Å². The predicted molar refractivity (Wildman–Crippen MR) is 68.3 cm³/mol. The minimum Gasteiger partial charge on any atom is -0.478 e. The minimum atomic E-state index is -0.932. The molecule has 4 heteroatoms. The van der Waals surface area contributed by atoms with E-state index < -0.39 is 5.97 Å². The van der Waals surface area contributed by atoms with Crippen LogP contribution in [0, 0.1) is 11.3 Å². The molecule has 1 unspecified atom stereocenters. The maximum atomic E-state index is 11.0. The lowest BCUT2D eigenvalue weighted by atomic mass is 9.82. The van der Waals surface area contributed by atoms with E-state index in [0.717, 1.165) is 6.54 Å². The first-order valence-corrected chi connectivity index (χ1v) is 5.73. The molecule has 4 nitrogen and oxygen atoms in total. The summed E-state index contributed by atoms with van der Waals surface area (Å²) in [6, 6.07) is 1.51. The zero-order valence-electron chi connectivity index (χ0n) is 10.8. The van der Waals surface area contributed by atoms with E-state index in [0.29, 0.717) is 11.6 Å². The average Bonchev–Trinajstić information content (AvgIpc) is 2.24. The Morgan fingerprint density at radius 2 is 2.18 bits per heavy atom. The third kappa shape index (κ3) is 3.73. The van der Waals surface area contributed by atoms with Gasteiger partial charge in [0, 0.05) is 12.7 Å². The molecule has 0 aliphatic carbocycles. The number of hydrogen-bond acceptors (Lipinski definition) is 3. The van der Waals surface area contributed by atoms with Crippen molar-refractivity contribution < 1.29 is 9.90 Å². The molecular formula is C13H20N2O2. The normalized spacial score (nSPS) is 13.2. The van der Waals surface area contributed by atoms with Gasteiger partial charge in [-0.3, -0.25) is 4.98 Å². The van der Waals surface area contributed by atoms with Crippen LogP contribution in [0.15, 0.2) is 18.5 Å². The Bertz CT molecular complexity index is 397. The van der Waals surface area contributed by atoms with E-state index in [-0.39, 0.29) is 11.0 Å². The number of aromatic nitrogens is 1. The van der Waals surface area contributed by atoms with E-state index in [1.165, 1.54) is 12.3 Å². The molecule has 0 amide bonds. The Morgan fingerprint density at radius 3 is 2.71 bits per heavy atom. The number of nitrogens with one attached hydrogen (secondary N) is 1. The first-order chi connectivity index (χ1) is 7.82. The van der Waals surface area contributed by atoms with Crippen LogP contribution in [0.2, 0.25) is 0 Å². The Balaban J connectivity index is 2.73. The Hall–Kier alpha value is -1.58. The van der Waals surface area contributed by atoms with Crippen molar-refractivity contribution in [2.45, 2.75) is 27.7 Å². The van der Waals surface area contributed by atoms with Crippen molar-refractivity contribution in [1.82, 2.24) is 4.98 Å². The van der Waals surface area contributed by atoms with E-state index in [9.17, 15) is 4.79 Å². The van der Waals surface area contributed by atoms with Crippen molar-refractivity contribution in [3.63, 3.8) is 0 Å². The first kappa shape index (κ1) is 13.5. The van der Waals surface area contributed by atoms with Gasteiger partial charge in [-0.2, -0.15) is 0 Å². The highest BCUT2D eigenvalue weighted by Crippen LogP contribution is 2.25. The Kier molecular flexibility index (Phi) is 4.10. The maximum absolute atomic E-state index is 11.0. The highest BCUT2D eigenvalue weighted by Gasteiger charge is 2.20. The van der Waals surface area contributed by atoms with E-state index in [1.807, 2.05) is 0 Å². The van der Waals surface area contributed by atoms with Gasteiger partial charge in [0.2, 0.25) is 0 Å². The molecular weight excluding hydrogens is 216 g/mol. The number of nitrogens with zero attached hydrogens (tertiary/aromatic N) is 1. The van der Waals surface area contributed by atoms with Crippen LogP contribution in [0.3, 0.4) is 0 Å². The van der Waals surface area contributed by atoms with Crippen LogP contribution in [-0.4, -0.2) is 22.6 Å². The molecule has 0 aliphatic heterocycles. The van der Waals surface area contributed by atoms with Gasteiger partial charge in [-0.1, -0.05) is 27.7 Å². The summed E-state index contributed by atoms with van der Waals surface area (Å²) in [4.78, 5) is 14.9. The molecule has 17 heavy (non-hydrogen) atoms. The summed E-state index contributed by atoms with van der Waals surface area (Å²) in [5.41, 5.74) is 1.04. The number of carboxylic acid groups (broad SMARTS) is 1. The van der Waals surface area contributed by atoms with E-state index in [1.54, 1.807) is 6.20 Å². The van der Waals surface area contributed by atoms with Crippen molar-refractivity contribution in [3.05, 3.63) is 24.0 Å². The van der Waals surface area contributed by atoms with Crippen LogP contribution in [0.1, 0.15) is 38.1 Å². The van der Waals surface area contributed by atoms with Gasteiger partial charge >= 0.3 is 5.97 Å². The predicted octanol–water partition coefficient (Wildman–Crippen LogP) is 2.87. The third-order valence-corrected chi connectivity index (χ3v) is 3.13. The lowest BCUT2D eigenvalue weighted by Gasteiger charge is -2.27. The van der Waals surface area contributed by atoms with Crippen LogP contribution in [0.25, 0.3) is 0 Å². The molecule has 2 N–H and O–H groups in total. The molecule has 0 aliphatic rings. The van der Waals surface area contributed by atoms with Crippen molar-refractivity contribution in [1.29, 1.82) is 0 Å². The fourth-order valence-electron chi connectivity index (χ4n) is 1.29. The van der Waals surface area contributed by atoms with Gasteiger partial charge in [0.05, 0.1) is 17.4 Å². The molecule has 1 aromatic rings. The molecule has 0 fully saturated rings. The number of pyridine rings is 1. The van der Waals surface area contributed by atoms with Gasteiger partial charge in [0.1, 0.15) is 0 Å². The Morgan fingerprint density at radius 1 is 1.53 bits per heavy atom. The minimum absolute atomic E-state index is 0.193. The van der Waals surface area contributed by atoms with Crippen LogP contribution in [0.4, 0.5) is 5.69 Å². The quantitative estimate of drug-likeness (QED) is 0.843. The van der Waals surface area contributed by atoms with Gasteiger partial charge < -0.3 is 10.4 Å². The second-order valence-corrected chi connectivity index (χ2v) is 5.37. The smallest absolute Gasteiger partial charge is 0.337 e. The highest BCUT2D eigenvalue weighted by atomic mass is 16.4. The van der Waals surface area contributed by atoms with E-state index in [2.05, 4.69) is 38.0 Å². The van der Waals surface area contributed by atoms with Crippen molar-refractivity contribution in [2.75, 3.05) is 11.9 Å². The zero-order chi connectivity index (χ0) is 13.1. The number of aromatic carboxylic acids is 1. The molecule has 1 rings (SSSR count). The monoisotopic (exact) mass is 236 g/mol. The second kappa shape index (κ2) is 5.17. The van der Waals surface area contributed by atoms with E-state index in [4.69, 9.17) is 5.11 Å². The van der Waals surface area contributed by atoms with Gasteiger partial charge in [-0.15, -0.1) is 0 Å². The van der Waals surface area contributed by atoms with Gasteiger partial charge in [0.25, 0.3) is 0 Å². The third-order valence-electron chi connectivity index (χ3n) is 3.13. The second-order valence-electron chi connectivity index (χ2n) is 5.37. The van der Waals surface area contributed by atoms with Crippen LogP contribution in [0.5, 0.6) is 0 Å². The van der Waals surface area contributed by atoms with Crippen molar-refractivity contribution in [3.8, 4) is 0 Å². The standard InChI is InChI=1S/C13H20N2O2/c1-9(13(2,3)4)7-15-11-8-14-6-5-10(11)12(16)17/h5-6,8-9,15H,7H2,1-4H3,(H,16,17). The molecule has 1 heterocycles. The maximum Gasteiger partial charge on any atom is 0.337 e. The fourth-order valence-corrected chi connectivity index (χ4v) is 1.29. The van der Waals surface area contributed by atoms with Crippen LogP contribution >= 0.6 is 0 Å². The summed E-state index contributed by atoms with van der Waals surface area (Å²) < 4.78 is 0. The van der Waals surface area contributed by atoms with Gasteiger partial charge in [0.15, 0.2) is 0 Å². The summed E-state index contributed by atoms with van der Waals surface area (Å²) in [5.74, 6) is -0.498. The van der Waals surface area contributed by atoms with Crippen LogP contribution < -0.4 is 5.32 Å². The van der Waals surface area contributed by atoms with Gasteiger partial charge in [-0.05, 0) is 17.4 Å². The molecule has 0 aromatic carbocycles. The number of anilines is 1. The molecule has 1 atom stereocenters. The molecule has 94 valence electrons. The molecule has 0 saturated heterocycles. The molecule has 0 saturated carbocycles. The summed E-state index contributed by atoms with van der Waals surface area (Å²) in [6.45, 7) is 9.38. The topological polar surface area (TPSA) is 62.2 Å². The van der Waals surface area contributed by atoms with Crippen molar-refractivity contribution >= 4 is 11.7 Å². The first-order valence-electron chi connectivity index (χ1n) is 5.73. The fraction of sp³-hybridized carbons (Fsp3) is 0.538. The number of carbonyl (C=O) groups is 1. The highest BCUT2D eigenvalue weighted by molar-refractivity contribution is 5.93. The summed E-state index contributed by atoms with van der Waals surface area (Å²) >= 11 is 0.